The van der Waals surface area contributed by atoms with Crippen LogP contribution in [-0.2, 0) is 17.9 Å². The largest absolute Gasteiger partial charge is 0.493 e. The highest BCUT2D eigenvalue weighted by atomic mass is 16.7. The molecular weight excluding hydrogens is 440 g/mol. The lowest BCUT2D eigenvalue weighted by Crippen LogP contribution is -2.33. The van der Waals surface area contributed by atoms with E-state index >= 15 is 0 Å². The third-order valence-electron chi connectivity index (χ3n) is 5.48. The molecule has 1 amide bonds. The number of carbonyl (C=O) groups excluding carboxylic acids is 1. The Hall–Kier alpha value is -3.88. The number of fused-ring (bicyclic) bond motifs is 1. The number of carbonyl (C=O) groups is 1. The fourth-order valence-corrected chi connectivity index (χ4v) is 3.78. The minimum atomic E-state index is -0.171. The van der Waals surface area contributed by atoms with Gasteiger partial charge in [-0.15, -0.1) is 0 Å². The molecule has 0 spiro atoms. The molecule has 180 valence electrons. The van der Waals surface area contributed by atoms with Gasteiger partial charge in [0.25, 0.3) is 0 Å². The second-order valence-electron chi connectivity index (χ2n) is 8.13. The van der Waals surface area contributed by atoms with Crippen LogP contribution in [0.1, 0.15) is 25.1 Å². The van der Waals surface area contributed by atoms with Crippen LogP contribution >= 0.6 is 0 Å². The minimum absolute atomic E-state index is 0.00926. The third-order valence-corrected chi connectivity index (χ3v) is 5.48. The van der Waals surface area contributed by atoms with Crippen molar-refractivity contribution < 1.29 is 33.0 Å². The minimum Gasteiger partial charge on any atom is -0.493 e. The van der Waals surface area contributed by atoms with Crippen molar-refractivity contribution in [2.75, 3.05) is 28.1 Å². The molecule has 3 aromatic rings. The molecular formula is C25H28N2O7. The molecule has 1 aliphatic rings. The van der Waals surface area contributed by atoms with E-state index in [2.05, 4.69) is 5.16 Å². The fourth-order valence-electron chi connectivity index (χ4n) is 3.78. The van der Waals surface area contributed by atoms with E-state index in [-0.39, 0.29) is 18.6 Å². The number of hydrogen-bond donors (Lipinski definition) is 0. The predicted octanol–water partition coefficient (Wildman–Crippen LogP) is 4.28. The van der Waals surface area contributed by atoms with Gasteiger partial charge in [-0.3, -0.25) is 4.79 Å². The van der Waals surface area contributed by atoms with Crippen LogP contribution < -0.4 is 23.7 Å². The second kappa shape index (κ2) is 9.94. The van der Waals surface area contributed by atoms with Gasteiger partial charge in [0, 0.05) is 24.1 Å². The van der Waals surface area contributed by atoms with Gasteiger partial charge in [0.2, 0.25) is 18.4 Å². The molecule has 4 rings (SSSR count). The SMILES string of the molecule is COc1cc(-c2cc(CN(Cc3ccc4c(c3)OCO4)C(=O)C(C)C)no2)cc(OC)c1OC. The maximum Gasteiger partial charge on any atom is 0.231 e. The van der Waals surface area contributed by atoms with Gasteiger partial charge in [-0.05, 0) is 29.8 Å². The summed E-state index contributed by atoms with van der Waals surface area (Å²) in [5, 5.41) is 4.20. The Balaban J connectivity index is 1.58. The maximum atomic E-state index is 13.0. The lowest BCUT2D eigenvalue weighted by atomic mass is 10.1. The summed E-state index contributed by atoms with van der Waals surface area (Å²) in [6.07, 6.45) is 0. The van der Waals surface area contributed by atoms with Crippen molar-refractivity contribution in [2.45, 2.75) is 26.9 Å². The summed E-state index contributed by atoms with van der Waals surface area (Å²) >= 11 is 0. The summed E-state index contributed by atoms with van der Waals surface area (Å²) in [4.78, 5) is 14.7. The van der Waals surface area contributed by atoms with Crippen molar-refractivity contribution in [3.05, 3.63) is 47.7 Å². The van der Waals surface area contributed by atoms with Gasteiger partial charge < -0.3 is 33.1 Å². The topological polar surface area (TPSA) is 92.5 Å². The van der Waals surface area contributed by atoms with E-state index in [0.717, 1.165) is 5.56 Å². The molecule has 0 atom stereocenters. The number of ether oxygens (including phenoxy) is 5. The van der Waals surface area contributed by atoms with Crippen LogP contribution in [0.4, 0.5) is 0 Å². The van der Waals surface area contributed by atoms with E-state index in [0.29, 0.717) is 58.9 Å². The van der Waals surface area contributed by atoms with Crippen LogP contribution in [0.3, 0.4) is 0 Å². The lowest BCUT2D eigenvalue weighted by molar-refractivity contribution is -0.135. The quantitative estimate of drug-likeness (QED) is 0.460. The van der Waals surface area contributed by atoms with Crippen molar-refractivity contribution in [2.24, 2.45) is 5.92 Å². The fraction of sp³-hybridized carbons (Fsp3) is 0.360. The summed E-state index contributed by atoms with van der Waals surface area (Å²) in [5.41, 5.74) is 2.27. The van der Waals surface area contributed by atoms with Crippen molar-refractivity contribution in [1.82, 2.24) is 10.1 Å². The first-order valence-corrected chi connectivity index (χ1v) is 10.9. The molecule has 0 aliphatic carbocycles. The van der Waals surface area contributed by atoms with Crippen molar-refractivity contribution in [3.63, 3.8) is 0 Å². The van der Waals surface area contributed by atoms with E-state index in [9.17, 15) is 4.79 Å². The average molecular weight is 469 g/mol. The molecule has 0 saturated carbocycles. The summed E-state index contributed by atoms with van der Waals surface area (Å²) in [7, 11) is 4.66. The molecule has 1 aliphatic heterocycles. The van der Waals surface area contributed by atoms with Crippen LogP contribution in [0.15, 0.2) is 40.9 Å². The summed E-state index contributed by atoms with van der Waals surface area (Å²) in [6, 6.07) is 11.1. The highest BCUT2D eigenvalue weighted by molar-refractivity contribution is 5.78. The number of hydrogen-bond acceptors (Lipinski definition) is 8. The standard InChI is InChI=1S/C25H28N2O7/c1-15(2)25(28)27(12-16-6-7-19-21(8-16)33-14-32-19)13-18-11-20(34-26-18)17-9-22(29-3)24(31-5)23(10-17)30-4/h6-11,15H,12-14H2,1-5H3. The van der Waals surface area contributed by atoms with Crippen LogP contribution in [0, 0.1) is 5.92 Å². The molecule has 9 nitrogen and oxygen atoms in total. The van der Waals surface area contributed by atoms with Gasteiger partial charge >= 0.3 is 0 Å². The number of benzene rings is 2. The summed E-state index contributed by atoms with van der Waals surface area (Å²) in [5.74, 6) is 3.26. The molecule has 2 aromatic carbocycles. The Morgan fingerprint density at radius 2 is 1.68 bits per heavy atom. The van der Waals surface area contributed by atoms with Gasteiger partial charge in [-0.1, -0.05) is 25.1 Å². The van der Waals surface area contributed by atoms with Crippen LogP contribution in [0.25, 0.3) is 11.3 Å². The van der Waals surface area contributed by atoms with Gasteiger partial charge in [0.05, 0.1) is 27.9 Å². The zero-order valence-electron chi connectivity index (χ0n) is 19.9. The van der Waals surface area contributed by atoms with Crippen molar-refractivity contribution in [1.29, 1.82) is 0 Å². The highest BCUT2D eigenvalue weighted by Crippen LogP contribution is 2.41. The normalized spacial score (nSPS) is 12.1. The van der Waals surface area contributed by atoms with Gasteiger partial charge in [0.15, 0.2) is 28.8 Å². The molecule has 0 fully saturated rings. The number of nitrogens with zero attached hydrogens (tertiary/aromatic N) is 2. The summed E-state index contributed by atoms with van der Waals surface area (Å²) in [6.45, 7) is 4.65. The van der Waals surface area contributed by atoms with E-state index in [1.165, 1.54) is 0 Å². The van der Waals surface area contributed by atoms with Crippen LogP contribution in [0.2, 0.25) is 0 Å². The van der Waals surface area contributed by atoms with E-state index < -0.39 is 0 Å². The lowest BCUT2D eigenvalue weighted by Gasteiger charge is -2.23. The molecule has 34 heavy (non-hydrogen) atoms. The Labute approximate surface area is 198 Å². The molecule has 0 radical (unpaired) electrons. The Kier molecular flexibility index (Phi) is 6.81. The molecule has 0 N–H and O–H groups in total. The van der Waals surface area contributed by atoms with E-state index in [1.54, 1.807) is 44.4 Å². The van der Waals surface area contributed by atoms with E-state index in [4.69, 9.17) is 28.2 Å². The van der Waals surface area contributed by atoms with Gasteiger partial charge in [-0.2, -0.15) is 0 Å². The first kappa shape index (κ1) is 23.3. The number of amides is 1. The predicted molar refractivity (Wildman–Crippen MR) is 123 cm³/mol. The molecule has 0 saturated heterocycles. The van der Waals surface area contributed by atoms with Crippen molar-refractivity contribution in [3.8, 4) is 40.1 Å². The second-order valence-corrected chi connectivity index (χ2v) is 8.13. The molecule has 0 unspecified atom stereocenters. The zero-order valence-corrected chi connectivity index (χ0v) is 19.9. The van der Waals surface area contributed by atoms with Gasteiger partial charge in [-0.25, -0.2) is 0 Å². The average Bonchev–Trinajstić information content (AvgIpc) is 3.51. The van der Waals surface area contributed by atoms with Crippen LogP contribution in [-0.4, -0.2) is 44.1 Å². The maximum absolute atomic E-state index is 13.0. The monoisotopic (exact) mass is 468 g/mol. The number of rotatable bonds is 9. The first-order valence-electron chi connectivity index (χ1n) is 10.9. The van der Waals surface area contributed by atoms with Crippen LogP contribution in [0.5, 0.6) is 28.7 Å². The molecule has 2 heterocycles. The zero-order chi connectivity index (χ0) is 24.2. The Morgan fingerprint density at radius 3 is 2.32 bits per heavy atom. The Morgan fingerprint density at radius 1 is 0.971 bits per heavy atom. The van der Waals surface area contributed by atoms with Crippen molar-refractivity contribution >= 4 is 5.91 Å². The molecule has 0 bridgehead atoms. The number of aromatic nitrogens is 1. The first-order chi connectivity index (χ1) is 16.4. The van der Waals surface area contributed by atoms with E-state index in [1.807, 2.05) is 32.0 Å². The Bertz CT molecular complexity index is 1150. The summed E-state index contributed by atoms with van der Waals surface area (Å²) < 4.78 is 32.7. The molecule has 1 aromatic heterocycles. The molecule has 9 heteroatoms. The smallest absolute Gasteiger partial charge is 0.231 e. The third kappa shape index (κ3) is 4.73. The van der Waals surface area contributed by atoms with Gasteiger partial charge in [0.1, 0.15) is 5.69 Å². The highest BCUT2D eigenvalue weighted by Gasteiger charge is 2.22. The number of methoxy groups -OCH3 is 3.